The molecule has 0 saturated heterocycles. The first-order valence-electron chi connectivity index (χ1n) is 7.46. The smallest absolute Gasteiger partial charge is 0.194 e. The molecule has 3 aromatic rings. The Balaban J connectivity index is 0.000000179. The summed E-state index contributed by atoms with van der Waals surface area (Å²) in [6.45, 7) is 0. The van der Waals surface area contributed by atoms with E-state index in [1.807, 2.05) is 0 Å². The molecular formula is C20H16N2O2. The molecule has 24 heavy (non-hydrogen) atoms. The second-order valence-electron chi connectivity index (χ2n) is 5.42. The van der Waals surface area contributed by atoms with Crippen LogP contribution in [-0.4, -0.2) is 11.6 Å². The summed E-state index contributed by atoms with van der Waals surface area (Å²) in [5, 5.41) is 0. The Morgan fingerprint density at radius 3 is 0.958 bits per heavy atom. The van der Waals surface area contributed by atoms with E-state index in [9.17, 15) is 9.59 Å². The fourth-order valence-electron chi connectivity index (χ4n) is 2.54. The highest BCUT2D eigenvalue weighted by Gasteiger charge is 2.28. The molecule has 0 amide bonds. The molecule has 3 aromatic carbocycles. The van der Waals surface area contributed by atoms with Crippen LogP contribution in [0.2, 0.25) is 0 Å². The lowest BCUT2D eigenvalue weighted by Crippen LogP contribution is -2.20. The van der Waals surface area contributed by atoms with Crippen LogP contribution in [0.25, 0.3) is 0 Å². The van der Waals surface area contributed by atoms with Gasteiger partial charge in [-0.05, 0) is 24.3 Å². The van der Waals surface area contributed by atoms with Gasteiger partial charge in [-0.25, -0.2) is 0 Å². The van der Waals surface area contributed by atoms with Crippen LogP contribution in [0.15, 0.2) is 72.8 Å². The predicted molar refractivity (Wildman–Crippen MR) is 95.0 cm³/mol. The number of nitrogen functional groups attached to an aromatic ring is 2. The Morgan fingerprint density at radius 1 is 0.458 bits per heavy atom. The molecule has 0 atom stereocenters. The molecule has 0 saturated carbocycles. The van der Waals surface area contributed by atoms with Crippen LogP contribution >= 0.6 is 0 Å². The summed E-state index contributed by atoms with van der Waals surface area (Å²) < 4.78 is 0. The zero-order valence-electron chi connectivity index (χ0n) is 12.9. The number of ketones is 2. The van der Waals surface area contributed by atoms with E-state index in [1.165, 1.54) is 0 Å². The number of rotatable bonds is 0. The van der Waals surface area contributed by atoms with Crippen molar-refractivity contribution >= 4 is 22.9 Å². The van der Waals surface area contributed by atoms with E-state index < -0.39 is 0 Å². The zero-order valence-corrected chi connectivity index (χ0v) is 12.9. The van der Waals surface area contributed by atoms with Gasteiger partial charge in [0, 0.05) is 33.6 Å². The molecule has 4 heteroatoms. The highest BCUT2D eigenvalue weighted by atomic mass is 16.1. The first kappa shape index (κ1) is 15.5. The lowest BCUT2D eigenvalue weighted by Gasteiger charge is -2.16. The highest BCUT2D eigenvalue weighted by Crippen LogP contribution is 2.26. The van der Waals surface area contributed by atoms with Gasteiger partial charge in [-0.3, -0.25) is 9.59 Å². The molecule has 0 bridgehead atoms. The zero-order chi connectivity index (χ0) is 17.1. The topological polar surface area (TPSA) is 86.2 Å². The Hall–Kier alpha value is -3.40. The summed E-state index contributed by atoms with van der Waals surface area (Å²) in [7, 11) is 0. The van der Waals surface area contributed by atoms with Crippen LogP contribution in [0.1, 0.15) is 31.8 Å². The van der Waals surface area contributed by atoms with E-state index in [0.29, 0.717) is 22.3 Å². The third-order valence-corrected chi connectivity index (χ3v) is 3.77. The van der Waals surface area contributed by atoms with Gasteiger partial charge in [0.2, 0.25) is 0 Å². The van der Waals surface area contributed by atoms with Crippen molar-refractivity contribution in [1.82, 2.24) is 0 Å². The maximum absolute atomic E-state index is 12.1. The van der Waals surface area contributed by atoms with Crippen LogP contribution in [-0.2, 0) is 0 Å². The van der Waals surface area contributed by atoms with E-state index in [1.54, 1.807) is 72.8 Å². The van der Waals surface area contributed by atoms with E-state index in [-0.39, 0.29) is 11.6 Å². The minimum atomic E-state index is -0.0641. The standard InChI is InChI=1S/C14H8O2.C6H8N2/c15-13-9-5-1-2-6-10(9)14(16)12-8-4-3-7-11(12)13;7-5-1-2-6(8)4-3-5/h1-8H;1-4H,7-8H2. The number of carbonyl (C=O) groups excluding carboxylic acids is 2. The summed E-state index contributed by atoms with van der Waals surface area (Å²) >= 11 is 0. The second-order valence-corrected chi connectivity index (χ2v) is 5.42. The predicted octanol–water partition coefficient (Wildman–Crippen LogP) is 3.31. The molecule has 118 valence electrons. The third kappa shape index (κ3) is 2.90. The van der Waals surface area contributed by atoms with Gasteiger partial charge in [-0.2, -0.15) is 0 Å². The number of benzene rings is 3. The van der Waals surface area contributed by atoms with Crippen molar-refractivity contribution in [2.75, 3.05) is 11.5 Å². The Morgan fingerprint density at radius 2 is 0.708 bits per heavy atom. The van der Waals surface area contributed by atoms with Gasteiger partial charge in [-0.1, -0.05) is 48.5 Å². The lowest BCUT2D eigenvalue weighted by molar-refractivity contribution is 0.0979. The molecule has 0 aliphatic heterocycles. The monoisotopic (exact) mass is 316 g/mol. The number of anilines is 2. The van der Waals surface area contributed by atoms with Gasteiger partial charge in [0.25, 0.3) is 0 Å². The minimum Gasteiger partial charge on any atom is -0.399 e. The highest BCUT2D eigenvalue weighted by molar-refractivity contribution is 6.28. The number of carbonyl (C=O) groups is 2. The largest absolute Gasteiger partial charge is 0.399 e. The summed E-state index contributed by atoms with van der Waals surface area (Å²) in [5.41, 5.74) is 14.3. The van der Waals surface area contributed by atoms with Crippen LogP contribution in [0.4, 0.5) is 11.4 Å². The molecule has 4 nitrogen and oxygen atoms in total. The van der Waals surface area contributed by atoms with Crippen LogP contribution in [0.5, 0.6) is 0 Å². The molecule has 4 rings (SSSR count). The Bertz CT molecular complexity index is 788. The SMILES string of the molecule is Nc1ccc(N)cc1.O=C1c2ccccc2C(=O)c2ccccc21. The van der Waals surface area contributed by atoms with Crippen molar-refractivity contribution in [3.63, 3.8) is 0 Å². The van der Waals surface area contributed by atoms with E-state index >= 15 is 0 Å². The molecule has 0 heterocycles. The Kier molecular flexibility index (Phi) is 4.12. The molecule has 0 fully saturated rings. The van der Waals surface area contributed by atoms with E-state index in [2.05, 4.69) is 0 Å². The van der Waals surface area contributed by atoms with E-state index in [4.69, 9.17) is 11.5 Å². The number of hydrogen-bond acceptors (Lipinski definition) is 4. The fraction of sp³-hybridized carbons (Fsp3) is 0. The van der Waals surface area contributed by atoms with Crippen molar-refractivity contribution < 1.29 is 9.59 Å². The maximum Gasteiger partial charge on any atom is 0.194 e. The average Bonchev–Trinajstić information content (AvgIpc) is 2.63. The lowest BCUT2D eigenvalue weighted by atomic mass is 9.84. The average molecular weight is 316 g/mol. The molecule has 1 aliphatic rings. The first-order chi connectivity index (χ1) is 11.6. The number of nitrogens with two attached hydrogens (primary N) is 2. The molecule has 0 aromatic heterocycles. The summed E-state index contributed by atoms with van der Waals surface area (Å²) in [6.07, 6.45) is 0. The fourth-order valence-corrected chi connectivity index (χ4v) is 2.54. The number of hydrogen-bond donors (Lipinski definition) is 2. The van der Waals surface area contributed by atoms with Crippen LogP contribution in [0.3, 0.4) is 0 Å². The van der Waals surface area contributed by atoms with Crippen molar-refractivity contribution in [2.24, 2.45) is 0 Å². The van der Waals surface area contributed by atoms with Crippen molar-refractivity contribution in [2.45, 2.75) is 0 Å². The van der Waals surface area contributed by atoms with Crippen LogP contribution < -0.4 is 11.5 Å². The normalized spacial score (nSPS) is 11.8. The Labute approximate surface area is 139 Å². The second kappa shape index (κ2) is 6.38. The van der Waals surface area contributed by atoms with Gasteiger partial charge in [0.05, 0.1) is 0 Å². The van der Waals surface area contributed by atoms with Gasteiger partial charge in [-0.15, -0.1) is 0 Å². The van der Waals surface area contributed by atoms with Crippen molar-refractivity contribution in [1.29, 1.82) is 0 Å². The minimum absolute atomic E-state index is 0.0641. The van der Waals surface area contributed by atoms with Gasteiger partial charge < -0.3 is 11.5 Å². The molecule has 4 N–H and O–H groups in total. The summed E-state index contributed by atoms with van der Waals surface area (Å²) in [6, 6.07) is 21.0. The molecule has 0 unspecified atom stereocenters. The van der Waals surface area contributed by atoms with Gasteiger partial charge in [0.1, 0.15) is 0 Å². The molecular weight excluding hydrogens is 300 g/mol. The first-order valence-corrected chi connectivity index (χ1v) is 7.46. The maximum atomic E-state index is 12.1. The molecule has 0 radical (unpaired) electrons. The van der Waals surface area contributed by atoms with Crippen molar-refractivity contribution in [3.05, 3.63) is 95.1 Å². The van der Waals surface area contributed by atoms with E-state index in [0.717, 1.165) is 11.4 Å². The number of fused-ring (bicyclic) bond motifs is 2. The third-order valence-electron chi connectivity index (χ3n) is 3.77. The quantitative estimate of drug-likeness (QED) is 0.487. The van der Waals surface area contributed by atoms with Gasteiger partial charge >= 0.3 is 0 Å². The van der Waals surface area contributed by atoms with Crippen molar-refractivity contribution in [3.8, 4) is 0 Å². The molecule has 0 spiro atoms. The van der Waals surface area contributed by atoms with Gasteiger partial charge in [0.15, 0.2) is 11.6 Å². The molecule has 1 aliphatic carbocycles. The summed E-state index contributed by atoms with van der Waals surface area (Å²) in [4.78, 5) is 24.2. The van der Waals surface area contributed by atoms with Crippen LogP contribution in [0, 0.1) is 0 Å². The summed E-state index contributed by atoms with van der Waals surface area (Å²) in [5.74, 6) is -0.128.